The fourth-order valence-electron chi connectivity index (χ4n) is 3.24. The molecule has 6 nitrogen and oxygen atoms in total. The monoisotopic (exact) mass is 399 g/mol. The van der Waals surface area contributed by atoms with Crippen molar-refractivity contribution in [1.82, 2.24) is 4.98 Å². The Morgan fingerprint density at radius 1 is 0.862 bits per heavy atom. The van der Waals surface area contributed by atoms with Gasteiger partial charge in [0.25, 0.3) is 17.7 Å². The minimum Gasteiger partial charge on any atom is -0.322 e. The van der Waals surface area contributed by atoms with E-state index in [0.717, 1.165) is 9.60 Å². The molecular weight excluding hydrogens is 386 g/mol. The zero-order valence-electron chi connectivity index (χ0n) is 15.0. The average molecular weight is 399 g/mol. The highest BCUT2D eigenvalue weighted by molar-refractivity contribution is 7.22. The first-order valence-corrected chi connectivity index (χ1v) is 9.68. The van der Waals surface area contributed by atoms with Crippen LogP contribution in [0.4, 0.5) is 10.8 Å². The van der Waals surface area contributed by atoms with Gasteiger partial charge in [0, 0.05) is 11.3 Å². The van der Waals surface area contributed by atoms with Gasteiger partial charge >= 0.3 is 0 Å². The summed E-state index contributed by atoms with van der Waals surface area (Å²) in [6.45, 7) is 0. The highest BCUT2D eigenvalue weighted by Crippen LogP contribution is 2.34. The number of anilines is 2. The van der Waals surface area contributed by atoms with E-state index in [1.807, 2.05) is 30.3 Å². The Bertz CT molecular complexity index is 1260. The largest absolute Gasteiger partial charge is 0.322 e. The third-order valence-electron chi connectivity index (χ3n) is 4.66. The van der Waals surface area contributed by atoms with Crippen molar-refractivity contribution in [1.29, 1.82) is 0 Å². The molecule has 0 atom stereocenters. The number of nitrogens with one attached hydrogen (secondary N) is 1. The summed E-state index contributed by atoms with van der Waals surface area (Å²) in [7, 11) is 0. The molecule has 0 spiro atoms. The number of imide groups is 1. The first-order valence-electron chi connectivity index (χ1n) is 8.86. The molecule has 29 heavy (non-hydrogen) atoms. The summed E-state index contributed by atoms with van der Waals surface area (Å²) in [6, 6.07) is 21.0. The number of rotatable bonds is 3. The molecule has 140 valence electrons. The van der Waals surface area contributed by atoms with Crippen LogP contribution in [0.1, 0.15) is 31.1 Å². The lowest BCUT2D eigenvalue weighted by atomic mass is 10.1. The predicted octanol–water partition coefficient (Wildman–Crippen LogP) is 4.35. The normalized spacial score (nSPS) is 13.0. The highest BCUT2D eigenvalue weighted by Gasteiger charge is 2.38. The Labute approximate surface area is 169 Å². The van der Waals surface area contributed by atoms with Gasteiger partial charge in [-0.1, -0.05) is 41.7 Å². The van der Waals surface area contributed by atoms with E-state index in [9.17, 15) is 14.4 Å². The van der Waals surface area contributed by atoms with Gasteiger partial charge in [-0.2, -0.15) is 0 Å². The summed E-state index contributed by atoms with van der Waals surface area (Å²) in [5, 5.41) is 3.14. The molecule has 1 aliphatic heterocycles. The molecule has 5 rings (SSSR count). The van der Waals surface area contributed by atoms with Crippen molar-refractivity contribution in [3.63, 3.8) is 0 Å². The first kappa shape index (κ1) is 17.3. The molecule has 3 aromatic carbocycles. The van der Waals surface area contributed by atoms with E-state index in [1.54, 1.807) is 42.5 Å². The number of fused-ring (bicyclic) bond motifs is 2. The van der Waals surface area contributed by atoms with Gasteiger partial charge in [0.2, 0.25) is 5.13 Å². The minimum atomic E-state index is -0.383. The van der Waals surface area contributed by atoms with Gasteiger partial charge in [0.05, 0.1) is 21.3 Å². The van der Waals surface area contributed by atoms with Crippen molar-refractivity contribution < 1.29 is 14.4 Å². The number of amides is 3. The summed E-state index contributed by atoms with van der Waals surface area (Å²) in [4.78, 5) is 43.4. The Morgan fingerprint density at radius 2 is 1.52 bits per heavy atom. The molecule has 0 aliphatic carbocycles. The summed E-state index contributed by atoms with van der Waals surface area (Å²) in [5.74, 6) is -1.01. The maximum atomic E-state index is 12.7. The minimum absolute atomic E-state index is 0.242. The number of aromatic nitrogens is 1. The number of para-hydroxylation sites is 1. The van der Waals surface area contributed by atoms with Gasteiger partial charge < -0.3 is 5.32 Å². The Hall–Kier alpha value is -3.84. The summed E-state index contributed by atoms with van der Waals surface area (Å²) < 4.78 is 0.720. The SMILES string of the molecule is O=C(Nc1ccccc1)c1ccc2nc(N3C(=O)c4ccccc4C3=O)sc2c1. The van der Waals surface area contributed by atoms with Gasteiger partial charge in [0.15, 0.2) is 0 Å². The van der Waals surface area contributed by atoms with Crippen LogP contribution < -0.4 is 10.2 Å². The number of benzene rings is 3. The van der Waals surface area contributed by atoms with E-state index in [0.29, 0.717) is 33.0 Å². The van der Waals surface area contributed by atoms with Crippen LogP contribution in [0.3, 0.4) is 0 Å². The predicted molar refractivity (Wildman–Crippen MR) is 112 cm³/mol. The molecule has 0 bridgehead atoms. The number of carbonyl (C=O) groups is 3. The maximum absolute atomic E-state index is 12.7. The van der Waals surface area contributed by atoms with E-state index >= 15 is 0 Å². The highest BCUT2D eigenvalue weighted by atomic mass is 32.1. The number of thiazole rings is 1. The van der Waals surface area contributed by atoms with Crippen molar-refractivity contribution in [2.45, 2.75) is 0 Å². The zero-order chi connectivity index (χ0) is 20.0. The molecule has 0 fully saturated rings. The molecular formula is C22H13N3O3S. The van der Waals surface area contributed by atoms with Crippen LogP contribution in [0.15, 0.2) is 72.8 Å². The molecule has 1 N–H and O–H groups in total. The van der Waals surface area contributed by atoms with Crippen molar-refractivity contribution in [2.75, 3.05) is 10.2 Å². The summed E-state index contributed by atoms with van der Waals surface area (Å²) in [6.07, 6.45) is 0. The molecule has 0 radical (unpaired) electrons. The van der Waals surface area contributed by atoms with Crippen LogP contribution in [-0.4, -0.2) is 22.7 Å². The standard InChI is InChI=1S/C22H13N3O3S/c26-19(23-14-6-2-1-3-7-14)13-10-11-17-18(12-13)29-22(24-17)25-20(27)15-8-4-5-9-16(15)21(25)28/h1-12H,(H,23,26). The maximum Gasteiger partial charge on any atom is 0.268 e. The molecule has 0 saturated heterocycles. The lowest BCUT2D eigenvalue weighted by Crippen LogP contribution is -2.29. The molecule has 0 saturated carbocycles. The van der Waals surface area contributed by atoms with Crippen molar-refractivity contribution in [3.05, 3.63) is 89.5 Å². The van der Waals surface area contributed by atoms with Crippen LogP contribution in [-0.2, 0) is 0 Å². The smallest absolute Gasteiger partial charge is 0.268 e. The molecule has 4 aromatic rings. The van der Waals surface area contributed by atoms with E-state index in [4.69, 9.17) is 0 Å². The van der Waals surface area contributed by atoms with Crippen LogP contribution in [0.5, 0.6) is 0 Å². The average Bonchev–Trinajstić information content (AvgIpc) is 3.27. The van der Waals surface area contributed by atoms with E-state index < -0.39 is 0 Å². The summed E-state index contributed by atoms with van der Waals surface area (Å²) in [5.41, 5.74) is 2.55. The van der Waals surface area contributed by atoms with Crippen LogP contribution in [0.2, 0.25) is 0 Å². The van der Waals surface area contributed by atoms with Crippen LogP contribution in [0.25, 0.3) is 10.2 Å². The summed E-state index contributed by atoms with van der Waals surface area (Å²) >= 11 is 1.20. The first-order chi connectivity index (χ1) is 14.1. The third-order valence-corrected chi connectivity index (χ3v) is 5.66. The molecule has 2 heterocycles. The lowest BCUT2D eigenvalue weighted by molar-refractivity contribution is 0.0925. The fraction of sp³-hybridized carbons (Fsp3) is 0. The fourth-order valence-corrected chi connectivity index (χ4v) is 4.24. The zero-order valence-corrected chi connectivity index (χ0v) is 15.8. The van der Waals surface area contributed by atoms with Crippen molar-refractivity contribution in [2.24, 2.45) is 0 Å². The lowest BCUT2D eigenvalue weighted by Gasteiger charge is -2.08. The number of hydrogen-bond acceptors (Lipinski definition) is 5. The second-order valence-electron chi connectivity index (χ2n) is 6.49. The van der Waals surface area contributed by atoms with Gasteiger partial charge in [-0.05, 0) is 42.5 Å². The number of carbonyl (C=O) groups excluding carboxylic acids is 3. The van der Waals surface area contributed by atoms with Gasteiger partial charge in [-0.25, -0.2) is 9.88 Å². The topological polar surface area (TPSA) is 79.4 Å². The number of hydrogen-bond donors (Lipinski definition) is 1. The second-order valence-corrected chi connectivity index (χ2v) is 7.50. The second kappa shape index (κ2) is 6.65. The quantitative estimate of drug-likeness (QED) is 0.520. The van der Waals surface area contributed by atoms with Gasteiger partial charge in [-0.15, -0.1) is 0 Å². The molecule has 3 amide bonds. The van der Waals surface area contributed by atoms with E-state index in [-0.39, 0.29) is 17.7 Å². The molecule has 1 aliphatic rings. The molecule has 1 aromatic heterocycles. The van der Waals surface area contributed by atoms with E-state index in [2.05, 4.69) is 10.3 Å². The third kappa shape index (κ3) is 2.88. The number of nitrogens with zero attached hydrogens (tertiary/aromatic N) is 2. The molecule has 7 heteroatoms. The van der Waals surface area contributed by atoms with Crippen LogP contribution >= 0.6 is 11.3 Å². The van der Waals surface area contributed by atoms with Crippen LogP contribution in [0, 0.1) is 0 Å². The Morgan fingerprint density at radius 3 is 2.21 bits per heavy atom. The van der Waals surface area contributed by atoms with Gasteiger partial charge in [0.1, 0.15) is 0 Å². The van der Waals surface area contributed by atoms with Crippen molar-refractivity contribution in [3.8, 4) is 0 Å². The van der Waals surface area contributed by atoms with Crippen molar-refractivity contribution >= 4 is 50.1 Å². The Kier molecular flexibility index (Phi) is 3.96. The van der Waals surface area contributed by atoms with E-state index in [1.165, 1.54) is 11.3 Å². The Balaban J connectivity index is 1.47. The van der Waals surface area contributed by atoms with Gasteiger partial charge in [-0.3, -0.25) is 14.4 Å². The molecule has 0 unspecified atom stereocenters.